The zero-order valence-electron chi connectivity index (χ0n) is 11.4. The molecule has 3 heteroatoms. The molecule has 0 heterocycles. The maximum Gasteiger partial charge on any atom is 0.125 e. The number of aryl methyl sites for hydroxylation is 1. The zero-order valence-corrected chi connectivity index (χ0v) is 11.4. The van der Waals surface area contributed by atoms with Crippen molar-refractivity contribution < 1.29 is 8.78 Å². The van der Waals surface area contributed by atoms with Gasteiger partial charge in [0.25, 0.3) is 0 Å². The molecule has 104 valence electrons. The minimum Gasteiger partial charge on any atom is -0.378 e. The van der Waals surface area contributed by atoms with Gasteiger partial charge in [0.1, 0.15) is 11.6 Å². The average Bonchev–Trinajstić information content (AvgIpc) is 3.20. The number of benzene rings is 2. The number of nitrogens with one attached hydrogen (secondary N) is 1. The van der Waals surface area contributed by atoms with Gasteiger partial charge in [-0.25, -0.2) is 8.78 Å². The molecule has 1 saturated carbocycles. The lowest BCUT2D eigenvalue weighted by Gasteiger charge is -2.20. The fraction of sp³-hybridized carbons (Fsp3) is 0.294. The molecule has 0 spiro atoms. The molecule has 0 saturated heterocycles. The monoisotopic (exact) mass is 273 g/mol. The second kappa shape index (κ2) is 5.23. The standard InChI is InChI=1S/C17H17F2N/c1-11-8-15(19)10-16(9-11)20-17(12-2-3-12)13-4-6-14(18)7-5-13/h4-10,12,17,20H,2-3H2,1H3. The molecule has 20 heavy (non-hydrogen) atoms. The molecule has 1 unspecified atom stereocenters. The van der Waals surface area contributed by atoms with Crippen molar-refractivity contribution in [1.29, 1.82) is 0 Å². The SMILES string of the molecule is Cc1cc(F)cc(NC(c2ccc(F)cc2)C2CC2)c1. The van der Waals surface area contributed by atoms with Crippen LogP contribution in [0.15, 0.2) is 42.5 Å². The van der Waals surface area contributed by atoms with Gasteiger partial charge in [-0.15, -0.1) is 0 Å². The molecule has 1 fully saturated rings. The van der Waals surface area contributed by atoms with Crippen molar-refractivity contribution in [1.82, 2.24) is 0 Å². The summed E-state index contributed by atoms with van der Waals surface area (Å²) in [5.74, 6) is 0.0788. The van der Waals surface area contributed by atoms with Crippen LogP contribution in [-0.2, 0) is 0 Å². The second-order valence-electron chi connectivity index (χ2n) is 5.53. The number of hydrogen-bond donors (Lipinski definition) is 1. The van der Waals surface area contributed by atoms with Gasteiger partial charge in [-0.05, 0) is 67.1 Å². The van der Waals surface area contributed by atoms with Crippen LogP contribution in [0.3, 0.4) is 0 Å². The van der Waals surface area contributed by atoms with Gasteiger partial charge >= 0.3 is 0 Å². The summed E-state index contributed by atoms with van der Waals surface area (Å²) in [6.45, 7) is 1.87. The molecule has 1 aliphatic rings. The molecule has 0 bridgehead atoms. The lowest BCUT2D eigenvalue weighted by atomic mass is 10.0. The van der Waals surface area contributed by atoms with E-state index < -0.39 is 0 Å². The Morgan fingerprint density at radius 3 is 2.30 bits per heavy atom. The predicted octanol–water partition coefficient (Wildman–Crippen LogP) is 4.84. The van der Waals surface area contributed by atoms with Gasteiger partial charge in [0.15, 0.2) is 0 Å². The number of halogens is 2. The topological polar surface area (TPSA) is 12.0 Å². The maximum atomic E-state index is 13.5. The van der Waals surface area contributed by atoms with Gasteiger partial charge in [-0.1, -0.05) is 12.1 Å². The van der Waals surface area contributed by atoms with Crippen molar-refractivity contribution in [3.63, 3.8) is 0 Å². The first-order chi connectivity index (χ1) is 9.61. The van der Waals surface area contributed by atoms with Crippen molar-refractivity contribution >= 4 is 5.69 Å². The molecular formula is C17H17F2N. The highest BCUT2D eigenvalue weighted by Crippen LogP contribution is 2.43. The Morgan fingerprint density at radius 2 is 1.70 bits per heavy atom. The van der Waals surface area contributed by atoms with E-state index in [0.29, 0.717) is 5.92 Å². The Kier molecular flexibility index (Phi) is 3.43. The molecule has 0 radical (unpaired) electrons. The van der Waals surface area contributed by atoms with Gasteiger partial charge < -0.3 is 5.32 Å². The highest BCUT2D eigenvalue weighted by molar-refractivity contribution is 5.48. The third-order valence-electron chi connectivity index (χ3n) is 3.69. The van der Waals surface area contributed by atoms with E-state index in [1.807, 2.05) is 13.0 Å². The predicted molar refractivity (Wildman–Crippen MR) is 76.6 cm³/mol. The Balaban J connectivity index is 1.86. The van der Waals surface area contributed by atoms with Gasteiger partial charge in [-0.3, -0.25) is 0 Å². The molecular weight excluding hydrogens is 256 g/mol. The lowest BCUT2D eigenvalue weighted by molar-refractivity contribution is 0.620. The number of rotatable bonds is 4. The Bertz CT molecular complexity index is 583. The smallest absolute Gasteiger partial charge is 0.125 e. The maximum absolute atomic E-state index is 13.5. The summed E-state index contributed by atoms with van der Waals surface area (Å²) >= 11 is 0. The van der Waals surface area contributed by atoms with Crippen LogP contribution in [0.2, 0.25) is 0 Å². The zero-order chi connectivity index (χ0) is 14.1. The quantitative estimate of drug-likeness (QED) is 0.840. The van der Waals surface area contributed by atoms with E-state index in [9.17, 15) is 8.78 Å². The van der Waals surface area contributed by atoms with Gasteiger partial charge in [0, 0.05) is 5.69 Å². The van der Waals surface area contributed by atoms with Crippen molar-refractivity contribution in [2.24, 2.45) is 5.92 Å². The van der Waals surface area contributed by atoms with Crippen LogP contribution >= 0.6 is 0 Å². The highest BCUT2D eigenvalue weighted by Gasteiger charge is 2.32. The molecule has 0 aliphatic heterocycles. The molecule has 0 amide bonds. The summed E-state index contributed by atoms with van der Waals surface area (Å²) in [4.78, 5) is 0. The summed E-state index contributed by atoms with van der Waals surface area (Å²) in [5, 5.41) is 3.40. The normalized spacial score (nSPS) is 15.9. The Morgan fingerprint density at radius 1 is 1.00 bits per heavy atom. The molecule has 0 aromatic heterocycles. The fourth-order valence-corrected chi connectivity index (χ4v) is 2.57. The molecule has 1 atom stereocenters. The van der Waals surface area contributed by atoms with Crippen LogP contribution in [-0.4, -0.2) is 0 Å². The first kappa shape index (κ1) is 13.1. The molecule has 1 N–H and O–H groups in total. The largest absolute Gasteiger partial charge is 0.378 e. The van der Waals surface area contributed by atoms with E-state index in [1.165, 1.54) is 24.3 Å². The Labute approximate surface area is 117 Å². The van der Waals surface area contributed by atoms with Crippen LogP contribution in [0.1, 0.15) is 30.0 Å². The summed E-state index contributed by atoms with van der Waals surface area (Å²) < 4.78 is 26.5. The van der Waals surface area contributed by atoms with E-state index in [4.69, 9.17) is 0 Å². The van der Waals surface area contributed by atoms with E-state index in [1.54, 1.807) is 12.1 Å². The van der Waals surface area contributed by atoms with Gasteiger partial charge in [0.2, 0.25) is 0 Å². The molecule has 2 aromatic carbocycles. The first-order valence-electron chi connectivity index (χ1n) is 6.91. The van der Waals surface area contributed by atoms with Crippen LogP contribution in [0.4, 0.5) is 14.5 Å². The average molecular weight is 273 g/mol. The summed E-state index contributed by atoms with van der Waals surface area (Å²) in [7, 11) is 0. The molecule has 1 aliphatic carbocycles. The molecule has 3 rings (SSSR count). The van der Waals surface area contributed by atoms with Crippen LogP contribution in [0, 0.1) is 24.5 Å². The van der Waals surface area contributed by atoms with E-state index in [2.05, 4.69) is 5.32 Å². The lowest BCUT2D eigenvalue weighted by Crippen LogP contribution is -2.13. The summed E-state index contributed by atoms with van der Waals surface area (Å²) in [6, 6.07) is 11.6. The fourth-order valence-electron chi connectivity index (χ4n) is 2.57. The van der Waals surface area contributed by atoms with Crippen LogP contribution < -0.4 is 5.32 Å². The van der Waals surface area contributed by atoms with Crippen LogP contribution in [0.25, 0.3) is 0 Å². The van der Waals surface area contributed by atoms with Gasteiger partial charge in [0.05, 0.1) is 6.04 Å². The van der Waals surface area contributed by atoms with Crippen LogP contribution in [0.5, 0.6) is 0 Å². The second-order valence-corrected chi connectivity index (χ2v) is 5.53. The van der Waals surface area contributed by atoms with Crippen molar-refractivity contribution in [2.45, 2.75) is 25.8 Å². The number of anilines is 1. The Hall–Kier alpha value is -1.90. The highest BCUT2D eigenvalue weighted by atomic mass is 19.1. The van der Waals surface area contributed by atoms with Crippen molar-refractivity contribution in [3.8, 4) is 0 Å². The van der Waals surface area contributed by atoms with E-state index in [-0.39, 0.29) is 17.7 Å². The van der Waals surface area contributed by atoms with E-state index in [0.717, 1.165) is 29.7 Å². The molecule has 2 aromatic rings. The van der Waals surface area contributed by atoms with Crippen molar-refractivity contribution in [2.75, 3.05) is 5.32 Å². The minimum atomic E-state index is -0.235. The van der Waals surface area contributed by atoms with Gasteiger partial charge in [-0.2, -0.15) is 0 Å². The number of hydrogen-bond acceptors (Lipinski definition) is 1. The third kappa shape index (κ3) is 2.98. The first-order valence-corrected chi connectivity index (χ1v) is 6.91. The molecule has 1 nitrogen and oxygen atoms in total. The minimum absolute atomic E-state index is 0.122. The van der Waals surface area contributed by atoms with E-state index >= 15 is 0 Å². The third-order valence-corrected chi connectivity index (χ3v) is 3.69. The summed E-state index contributed by atoms with van der Waals surface area (Å²) in [6.07, 6.45) is 2.31. The van der Waals surface area contributed by atoms with Crippen molar-refractivity contribution in [3.05, 3.63) is 65.2 Å². The summed E-state index contributed by atoms with van der Waals surface area (Å²) in [5.41, 5.74) is 2.72.